The van der Waals surface area contributed by atoms with Gasteiger partial charge in [-0.2, -0.15) is 0 Å². The molecule has 2 aromatic carbocycles. The summed E-state index contributed by atoms with van der Waals surface area (Å²) in [6.07, 6.45) is 0. The summed E-state index contributed by atoms with van der Waals surface area (Å²) in [6, 6.07) is 16.2. The minimum atomic E-state index is -0.309. The van der Waals surface area contributed by atoms with Gasteiger partial charge in [0.05, 0.1) is 18.0 Å². The smallest absolute Gasteiger partial charge is 0.258 e. The zero-order valence-electron chi connectivity index (χ0n) is 19.6. The molecule has 0 atom stereocenters. The van der Waals surface area contributed by atoms with Crippen molar-refractivity contribution in [2.75, 3.05) is 23.4 Å². The summed E-state index contributed by atoms with van der Waals surface area (Å²) in [6.45, 7) is 1.99. The molecule has 0 aliphatic rings. The SMILES string of the molecule is CCSc1nnc(NC(=O)CSc2nnc(CNC(=O)COc3ccccc3)n2-c2cccc(Cl)c2)s1. The molecule has 2 heterocycles. The summed E-state index contributed by atoms with van der Waals surface area (Å²) < 4.78 is 8.04. The topological polar surface area (TPSA) is 124 Å². The van der Waals surface area contributed by atoms with Gasteiger partial charge in [0.2, 0.25) is 11.0 Å². The molecule has 0 aliphatic heterocycles. The number of aromatic nitrogens is 5. The normalized spacial score (nSPS) is 10.8. The third-order valence-corrected chi connectivity index (χ3v) is 7.59. The van der Waals surface area contributed by atoms with E-state index in [1.165, 1.54) is 23.1 Å². The van der Waals surface area contributed by atoms with Crippen LogP contribution in [0.5, 0.6) is 5.75 Å². The van der Waals surface area contributed by atoms with Crippen LogP contribution in [0.15, 0.2) is 64.1 Å². The molecule has 0 saturated carbocycles. The van der Waals surface area contributed by atoms with E-state index in [2.05, 4.69) is 31.0 Å². The number of carbonyl (C=O) groups excluding carboxylic acids is 2. The van der Waals surface area contributed by atoms with Gasteiger partial charge in [-0.25, -0.2) is 0 Å². The molecule has 2 aromatic heterocycles. The number of nitrogens with one attached hydrogen (secondary N) is 2. The number of hydrogen-bond acceptors (Lipinski definition) is 10. The van der Waals surface area contributed by atoms with Crippen molar-refractivity contribution in [2.45, 2.75) is 23.0 Å². The van der Waals surface area contributed by atoms with Gasteiger partial charge in [0, 0.05) is 5.02 Å². The highest BCUT2D eigenvalue weighted by molar-refractivity contribution is 8.01. The van der Waals surface area contributed by atoms with E-state index in [0.29, 0.717) is 32.6 Å². The lowest BCUT2D eigenvalue weighted by Gasteiger charge is -2.11. The Morgan fingerprint density at radius 3 is 2.65 bits per heavy atom. The molecule has 0 unspecified atom stereocenters. The zero-order chi connectivity index (χ0) is 26.0. The number of thioether (sulfide) groups is 2. The van der Waals surface area contributed by atoms with Crippen LogP contribution in [0.1, 0.15) is 12.7 Å². The number of ether oxygens (including phenoxy) is 1. The van der Waals surface area contributed by atoms with Gasteiger partial charge in [0.15, 0.2) is 21.9 Å². The van der Waals surface area contributed by atoms with Crippen LogP contribution in [-0.4, -0.2) is 54.9 Å². The fourth-order valence-corrected chi connectivity index (χ4v) is 5.63. The average molecular weight is 576 g/mol. The maximum absolute atomic E-state index is 12.5. The maximum Gasteiger partial charge on any atom is 0.258 e. The molecule has 4 rings (SSSR count). The van der Waals surface area contributed by atoms with E-state index in [1.807, 2.05) is 31.2 Å². The first-order valence-corrected chi connectivity index (χ1v) is 14.2. The van der Waals surface area contributed by atoms with Crippen LogP contribution in [-0.2, 0) is 16.1 Å². The van der Waals surface area contributed by atoms with Crippen LogP contribution in [0.4, 0.5) is 5.13 Å². The monoisotopic (exact) mass is 575 g/mol. The number of nitrogens with zero attached hydrogens (tertiary/aromatic N) is 5. The highest BCUT2D eigenvalue weighted by atomic mass is 35.5. The van der Waals surface area contributed by atoms with Crippen molar-refractivity contribution in [2.24, 2.45) is 0 Å². The van der Waals surface area contributed by atoms with E-state index in [1.54, 1.807) is 46.7 Å². The molecule has 2 amide bonds. The first-order valence-electron chi connectivity index (χ1n) is 11.1. The lowest BCUT2D eigenvalue weighted by Crippen LogP contribution is -2.29. The molecule has 192 valence electrons. The molecule has 0 saturated heterocycles. The number of para-hydroxylation sites is 1. The second-order valence-electron chi connectivity index (χ2n) is 7.24. The largest absolute Gasteiger partial charge is 0.484 e. The van der Waals surface area contributed by atoms with Crippen molar-refractivity contribution >= 4 is 63.4 Å². The van der Waals surface area contributed by atoms with Crippen molar-refractivity contribution in [3.63, 3.8) is 0 Å². The number of anilines is 1. The Kier molecular flexibility index (Phi) is 9.77. The lowest BCUT2D eigenvalue weighted by molar-refractivity contribution is -0.123. The molecule has 0 fully saturated rings. The maximum atomic E-state index is 12.5. The molecule has 10 nitrogen and oxygen atoms in total. The Morgan fingerprint density at radius 2 is 1.86 bits per heavy atom. The number of carbonyl (C=O) groups is 2. The Morgan fingerprint density at radius 1 is 1.03 bits per heavy atom. The number of halogens is 1. The summed E-state index contributed by atoms with van der Waals surface area (Å²) in [5.74, 6) is 1.47. The van der Waals surface area contributed by atoms with Gasteiger partial charge >= 0.3 is 0 Å². The predicted molar refractivity (Wildman–Crippen MR) is 146 cm³/mol. The Hall–Kier alpha value is -3.13. The van der Waals surface area contributed by atoms with Crippen LogP contribution in [0.2, 0.25) is 5.02 Å². The molecular formula is C23H22ClN7O3S3. The number of benzene rings is 2. The summed E-state index contributed by atoms with van der Waals surface area (Å²) in [4.78, 5) is 24.9. The molecule has 0 bridgehead atoms. The van der Waals surface area contributed by atoms with Crippen LogP contribution in [0, 0.1) is 0 Å². The van der Waals surface area contributed by atoms with Crippen LogP contribution < -0.4 is 15.4 Å². The van der Waals surface area contributed by atoms with Crippen molar-refractivity contribution in [3.05, 3.63) is 65.4 Å². The van der Waals surface area contributed by atoms with Crippen LogP contribution in [0.25, 0.3) is 5.69 Å². The van der Waals surface area contributed by atoms with Crippen molar-refractivity contribution in [1.82, 2.24) is 30.3 Å². The van der Waals surface area contributed by atoms with Crippen LogP contribution >= 0.6 is 46.5 Å². The Bertz CT molecular complexity index is 1350. The van der Waals surface area contributed by atoms with Crippen molar-refractivity contribution in [3.8, 4) is 11.4 Å². The number of amides is 2. The molecule has 14 heteroatoms. The van der Waals surface area contributed by atoms with Gasteiger partial charge in [0.1, 0.15) is 5.75 Å². The highest BCUT2D eigenvalue weighted by Gasteiger charge is 2.18. The Balaban J connectivity index is 1.41. The lowest BCUT2D eigenvalue weighted by atomic mass is 10.3. The van der Waals surface area contributed by atoms with E-state index in [-0.39, 0.29) is 30.7 Å². The van der Waals surface area contributed by atoms with E-state index >= 15 is 0 Å². The van der Waals surface area contributed by atoms with Gasteiger partial charge in [-0.3, -0.25) is 19.5 Å². The Labute approximate surface area is 230 Å². The van der Waals surface area contributed by atoms with Gasteiger partial charge in [0.25, 0.3) is 5.91 Å². The average Bonchev–Trinajstić information content (AvgIpc) is 3.52. The number of rotatable bonds is 12. The van der Waals surface area contributed by atoms with Crippen molar-refractivity contribution in [1.29, 1.82) is 0 Å². The third-order valence-electron chi connectivity index (χ3n) is 4.58. The van der Waals surface area contributed by atoms with Crippen LogP contribution in [0.3, 0.4) is 0 Å². The molecule has 37 heavy (non-hydrogen) atoms. The van der Waals surface area contributed by atoms with Crippen molar-refractivity contribution < 1.29 is 14.3 Å². The summed E-state index contributed by atoms with van der Waals surface area (Å²) in [5, 5.41) is 23.5. The van der Waals surface area contributed by atoms with Gasteiger partial charge in [-0.15, -0.1) is 20.4 Å². The van der Waals surface area contributed by atoms with Gasteiger partial charge in [-0.05, 0) is 36.1 Å². The van der Waals surface area contributed by atoms with E-state index < -0.39 is 0 Å². The summed E-state index contributed by atoms with van der Waals surface area (Å²) in [7, 11) is 0. The molecule has 2 N–H and O–H groups in total. The molecular weight excluding hydrogens is 554 g/mol. The predicted octanol–water partition coefficient (Wildman–Crippen LogP) is 4.31. The quantitative estimate of drug-likeness (QED) is 0.188. The summed E-state index contributed by atoms with van der Waals surface area (Å²) in [5.41, 5.74) is 0.704. The van der Waals surface area contributed by atoms with E-state index in [9.17, 15) is 9.59 Å². The third kappa shape index (κ3) is 7.92. The molecule has 4 aromatic rings. The first-order chi connectivity index (χ1) is 18.0. The first kappa shape index (κ1) is 26.9. The van der Waals surface area contributed by atoms with Gasteiger partial charge in [-0.1, -0.05) is 77.7 Å². The second kappa shape index (κ2) is 13.4. The fourth-order valence-electron chi connectivity index (χ4n) is 3.00. The fraction of sp³-hybridized carbons (Fsp3) is 0.217. The zero-order valence-corrected chi connectivity index (χ0v) is 22.8. The molecule has 0 aliphatic carbocycles. The minimum absolute atomic E-state index is 0.0752. The van der Waals surface area contributed by atoms with E-state index in [0.717, 1.165) is 10.1 Å². The summed E-state index contributed by atoms with van der Waals surface area (Å²) >= 11 is 10.3. The minimum Gasteiger partial charge on any atom is -0.484 e. The highest BCUT2D eigenvalue weighted by Crippen LogP contribution is 2.27. The van der Waals surface area contributed by atoms with Gasteiger partial charge < -0.3 is 10.1 Å². The standard InChI is InChI=1S/C23H22ClN7O3S3/c1-2-35-23-30-28-21(37-23)26-20(33)14-36-22-29-27-18(31(22)16-8-6-7-15(24)11-16)12-25-19(32)13-34-17-9-4-3-5-10-17/h3-11H,2,12-14H2,1H3,(H,25,32)(H,26,28,33). The molecule has 0 radical (unpaired) electrons. The molecule has 0 spiro atoms. The van der Waals surface area contributed by atoms with E-state index in [4.69, 9.17) is 16.3 Å². The second-order valence-corrected chi connectivity index (χ2v) is 11.1. The number of hydrogen-bond donors (Lipinski definition) is 2.